The topological polar surface area (TPSA) is 0 Å². The number of alkyl halides is 1. The van der Waals surface area contributed by atoms with Crippen molar-refractivity contribution in [3.63, 3.8) is 0 Å². The standard InChI is InChI=1S/C9H15F/c1-6(2)8-4-7(3)5-9(8)10/h5-6,8-9H,4H2,1-3H3. The highest BCUT2D eigenvalue weighted by molar-refractivity contribution is 5.12. The molecule has 0 radical (unpaired) electrons. The van der Waals surface area contributed by atoms with Crippen LogP contribution in [0.2, 0.25) is 0 Å². The van der Waals surface area contributed by atoms with Gasteiger partial charge in [-0.25, -0.2) is 4.39 Å². The quantitative estimate of drug-likeness (QED) is 0.494. The molecule has 0 N–H and O–H groups in total. The normalized spacial score (nSPS) is 33.1. The zero-order chi connectivity index (χ0) is 7.72. The molecule has 1 aliphatic rings. The minimum atomic E-state index is -0.681. The average molecular weight is 142 g/mol. The van der Waals surface area contributed by atoms with Crippen LogP contribution in [0.3, 0.4) is 0 Å². The summed E-state index contributed by atoms with van der Waals surface area (Å²) >= 11 is 0. The van der Waals surface area contributed by atoms with E-state index in [0.717, 1.165) is 6.42 Å². The first-order valence-corrected chi connectivity index (χ1v) is 3.92. The highest BCUT2D eigenvalue weighted by Gasteiger charge is 2.27. The molecule has 10 heavy (non-hydrogen) atoms. The summed E-state index contributed by atoms with van der Waals surface area (Å²) in [6.45, 7) is 6.18. The van der Waals surface area contributed by atoms with Gasteiger partial charge < -0.3 is 0 Å². The summed E-state index contributed by atoms with van der Waals surface area (Å²) in [5.74, 6) is 0.726. The van der Waals surface area contributed by atoms with E-state index >= 15 is 0 Å². The van der Waals surface area contributed by atoms with Crippen molar-refractivity contribution >= 4 is 0 Å². The molecule has 0 fully saturated rings. The smallest absolute Gasteiger partial charge is 0.122 e. The summed E-state index contributed by atoms with van der Waals surface area (Å²) < 4.78 is 13.0. The molecule has 0 saturated carbocycles. The molecule has 0 aliphatic heterocycles. The molecule has 0 nitrogen and oxygen atoms in total. The molecular weight excluding hydrogens is 127 g/mol. The van der Waals surface area contributed by atoms with Gasteiger partial charge in [-0.1, -0.05) is 25.5 Å². The first-order valence-electron chi connectivity index (χ1n) is 3.92. The number of allylic oxidation sites excluding steroid dienone is 2. The van der Waals surface area contributed by atoms with Gasteiger partial charge in [-0.2, -0.15) is 0 Å². The van der Waals surface area contributed by atoms with Crippen molar-refractivity contribution in [2.75, 3.05) is 0 Å². The Hall–Kier alpha value is -0.330. The largest absolute Gasteiger partial charge is 0.243 e. The summed E-state index contributed by atoms with van der Waals surface area (Å²) in [5, 5.41) is 0. The number of rotatable bonds is 1. The molecule has 1 heteroatoms. The lowest BCUT2D eigenvalue weighted by Gasteiger charge is -2.16. The van der Waals surface area contributed by atoms with Gasteiger partial charge in [0, 0.05) is 0 Å². The molecule has 58 valence electrons. The van der Waals surface area contributed by atoms with Crippen LogP contribution in [0.25, 0.3) is 0 Å². The van der Waals surface area contributed by atoms with Crippen LogP contribution >= 0.6 is 0 Å². The summed E-state index contributed by atoms with van der Waals surface area (Å²) in [5.41, 5.74) is 1.21. The number of hydrogen-bond donors (Lipinski definition) is 0. The van der Waals surface area contributed by atoms with Crippen molar-refractivity contribution in [1.82, 2.24) is 0 Å². The van der Waals surface area contributed by atoms with Gasteiger partial charge in [0.2, 0.25) is 0 Å². The third-order valence-electron chi connectivity index (χ3n) is 2.27. The minimum absolute atomic E-state index is 0.250. The fraction of sp³-hybridized carbons (Fsp3) is 0.778. The molecule has 0 saturated heterocycles. The van der Waals surface area contributed by atoms with Crippen LogP contribution in [0.4, 0.5) is 4.39 Å². The Balaban J connectivity index is 2.55. The van der Waals surface area contributed by atoms with Crippen molar-refractivity contribution in [3.8, 4) is 0 Å². The van der Waals surface area contributed by atoms with Crippen LogP contribution in [-0.4, -0.2) is 6.17 Å². The Morgan fingerprint density at radius 1 is 1.60 bits per heavy atom. The zero-order valence-electron chi connectivity index (χ0n) is 6.89. The van der Waals surface area contributed by atoms with E-state index in [9.17, 15) is 4.39 Å². The van der Waals surface area contributed by atoms with E-state index in [2.05, 4.69) is 13.8 Å². The van der Waals surface area contributed by atoms with Gasteiger partial charge in [0.1, 0.15) is 6.17 Å². The van der Waals surface area contributed by atoms with Crippen molar-refractivity contribution in [2.45, 2.75) is 33.4 Å². The third kappa shape index (κ3) is 1.39. The lowest BCUT2D eigenvalue weighted by Crippen LogP contribution is -2.14. The van der Waals surface area contributed by atoms with Crippen molar-refractivity contribution in [1.29, 1.82) is 0 Å². The Morgan fingerprint density at radius 2 is 2.20 bits per heavy atom. The number of halogens is 1. The number of hydrogen-bond acceptors (Lipinski definition) is 0. The lowest BCUT2D eigenvalue weighted by molar-refractivity contribution is 0.240. The summed E-state index contributed by atoms with van der Waals surface area (Å²) in [6.07, 6.45) is 2.03. The minimum Gasteiger partial charge on any atom is -0.243 e. The Morgan fingerprint density at radius 3 is 2.40 bits per heavy atom. The van der Waals surface area contributed by atoms with Gasteiger partial charge in [-0.05, 0) is 25.2 Å². The molecule has 0 amide bonds. The summed E-state index contributed by atoms with van der Waals surface area (Å²) in [4.78, 5) is 0. The maximum Gasteiger partial charge on any atom is 0.122 e. The Bertz CT molecular complexity index is 147. The molecule has 1 rings (SSSR count). The molecular formula is C9H15F. The average Bonchev–Trinajstić information content (AvgIpc) is 2.10. The van der Waals surface area contributed by atoms with E-state index in [-0.39, 0.29) is 5.92 Å². The second kappa shape index (κ2) is 2.73. The van der Waals surface area contributed by atoms with Crippen LogP contribution in [-0.2, 0) is 0 Å². The van der Waals surface area contributed by atoms with E-state index in [1.165, 1.54) is 5.57 Å². The second-order valence-corrected chi connectivity index (χ2v) is 3.57. The van der Waals surface area contributed by atoms with Crippen LogP contribution in [0.5, 0.6) is 0 Å². The van der Waals surface area contributed by atoms with Crippen LogP contribution in [0, 0.1) is 11.8 Å². The first kappa shape index (κ1) is 7.77. The predicted octanol–water partition coefficient (Wildman–Crippen LogP) is 2.95. The molecule has 2 unspecified atom stereocenters. The van der Waals surface area contributed by atoms with Gasteiger partial charge in [0.15, 0.2) is 0 Å². The van der Waals surface area contributed by atoms with E-state index in [1.807, 2.05) is 6.92 Å². The van der Waals surface area contributed by atoms with Crippen LogP contribution < -0.4 is 0 Å². The molecule has 2 atom stereocenters. The maximum atomic E-state index is 13.0. The molecule has 0 heterocycles. The van der Waals surface area contributed by atoms with Crippen molar-refractivity contribution < 1.29 is 4.39 Å². The van der Waals surface area contributed by atoms with E-state index in [0.29, 0.717) is 5.92 Å². The predicted molar refractivity (Wildman–Crippen MR) is 41.6 cm³/mol. The molecule has 0 aromatic carbocycles. The first-order chi connectivity index (χ1) is 4.61. The van der Waals surface area contributed by atoms with E-state index in [4.69, 9.17) is 0 Å². The van der Waals surface area contributed by atoms with Gasteiger partial charge >= 0.3 is 0 Å². The van der Waals surface area contributed by atoms with Crippen LogP contribution in [0.1, 0.15) is 27.2 Å². The summed E-state index contributed by atoms with van der Waals surface area (Å²) in [7, 11) is 0. The zero-order valence-corrected chi connectivity index (χ0v) is 6.89. The van der Waals surface area contributed by atoms with Crippen molar-refractivity contribution in [3.05, 3.63) is 11.6 Å². The fourth-order valence-electron chi connectivity index (χ4n) is 1.55. The highest BCUT2D eigenvalue weighted by Crippen LogP contribution is 2.32. The molecule has 0 spiro atoms. The molecule has 1 aliphatic carbocycles. The second-order valence-electron chi connectivity index (χ2n) is 3.57. The Labute approximate surface area is 62.1 Å². The molecule has 0 aromatic heterocycles. The summed E-state index contributed by atoms with van der Waals surface area (Å²) in [6, 6.07) is 0. The van der Waals surface area contributed by atoms with E-state index in [1.54, 1.807) is 6.08 Å². The fourth-order valence-corrected chi connectivity index (χ4v) is 1.55. The Kier molecular flexibility index (Phi) is 2.12. The maximum absolute atomic E-state index is 13.0. The van der Waals surface area contributed by atoms with Gasteiger partial charge in [-0.3, -0.25) is 0 Å². The van der Waals surface area contributed by atoms with Gasteiger partial charge in [0.25, 0.3) is 0 Å². The van der Waals surface area contributed by atoms with Gasteiger partial charge in [-0.15, -0.1) is 0 Å². The van der Waals surface area contributed by atoms with E-state index < -0.39 is 6.17 Å². The highest BCUT2D eigenvalue weighted by atomic mass is 19.1. The third-order valence-corrected chi connectivity index (χ3v) is 2.27. The monoisotopic (exact) mass is 142 g/mol. The molecule has 0 aromatic rings. The SMILES string of the molecule is CC1=CC(F)C(C(C)C)C1. The van der Waals surface area contributed by atoms with Crippen molar-refractivity contribution in [2.24, 2.45) is 11.8 Å². The lowest BCUT2D eigenvalue weighted by atomic mass is 9.92. The van der Waals surface area contributed by atoms with Gasteiger partial charge in [0.05, 0.1) is 0 Å². The van der Waals surface area contributed by atoms with Crippen LogP contribution in [0.15, 0.2) is 11.6 Å². The molecule has 0 bridgehead atoms.